The molecule has 0 radical (unpaired) electrons. The molecule has 9 heteroatoms. The Morgan fingerprint density at radius 1 is 1.07 bits per heavy atom. The molecular formula is C21H24ClN3O5. The molecule has 0 saturated heterocycles. The van der Waals surface area contributed by atoms with E-state index in [1.54, 1.807) is 0 Å². The van der Waals surface area contributed by atoms with Crippen LogP contribution in [0.2, 0.25) is 0 Å². The van der Waals surface area contributed by atoms with Gasteiger partial charge in [0, 0.05) is 12.5 Å². The smallest absolute Gasteiger partial charge is 0.407 e. The number of nitrogens with two attached hydrogens (primary N) is 1. The molecule has 2 aromatic rings. The summed E-state index contributed by atoms with van der Waals surface area (Å²) in [5.74, 6) is -1.93. The number of hydrogen-bond acceptors (Lipinski definition) is 5. The molecule has 30 heavy (non-hydrogen) atoms. The average Bonchev–Trinajstić information content (AvgIpc) is 3.03. The van der Waals surface area contributed by atoms with Crippen molar-refractivity contribution in [1.29, 1.82) is 0 Å². The molecule has 0 saturated carbocycles. The highest BCUT2D eigenvalue weighted by molar-refractivity contribution is 5.85. The highest BCUT2D eigenvalue weighted by Crippen LogP contribution is 2.44. The van der Waals surface area contributed by atoms with Crippen LogP contribution in [0.15, 0.2) is 48.5 Å². The molecule has 160 valence electrons. The van der Waals surface area contributed by atoms with Crippen LogP contribution in [-0.2, 0) is 14.3 Å². The number of hydrogen-bond donors (Lipinski definition) is 4. The molecule has 0 aliphatic heterocycles. The molecule has 2 unspecified atom stereocenters. The van der Waals surface area contributed by atoms with Gasteiger partial charge < -0.3 is 26.2 Å². The highest BCUT2D eigenvalue weighted by atomic mass is 35.5. The number of ether oxygens (including phenoxy) is 1. The van der Waals surface area contributed by atoms with Crippen molar-refractivity contribution in [2.45, 2.75) is 24.9 Å². The molecule has 2 atom stereocenters. The van der Waals surface area contributed by atoms with E-state index < -0.39 is 30.1 Å². The Labute approximate surface area is 180 Å². The molecule has 0 heterocycles. The molecule has 3 rings (SSSR count). The number of nitrogens with one attached hydrogen (secondary N) is 2. The molecule has 0 bridgehead atoms. The van der Waals surface area contributed by atoms with Crippen molar-refractivity contribution in [2.24, 2.45) is 5.73 Å². The fourth-order valence-corrected chi connectivity index (χ4v) is 3.35. The van der Waals surface area contributed by atoms with Crippen LogP contribution in [-0.4, -0.2) is 48.3 Å². The summed E-state index contributed by atoms with van der Waals surface area (Å²) in [6.07, 6.45) is -0.866. The van der Waals surface area contributed by atoms with Crippen molar-refractivity contribution in [3.8, 4) is 11.1 Å². The van der Waals surface area contributed by atoms with Gasteiger partial charge >= 0.3 is 12.1 Å². The van der Waals surface area contributed by atoms with E-state index in [-0.39, 0.29) is 31.5 Å². The monoisotopic (exact) mass is 433 g/mol. The van der Waals surface area contributed by atoms with Crippen molar-refractivity contribution in [3.63, 3.8) is 0 Å². The van der Waals surface area contributed by atoms with E-state index in [0.29, 0.717) is 0 Å². The summed E-state index contributed by atoms with van der Waals surface area (Å²) in [6.45, 7) is 1.25. The number of halogens is 1. The molecule has 2 amide bonds. The number of carboxylic acids is 1. The van der Waals surface area contributed by atoms with Gasteiger partial charge in [0.15, 0.2) is 0 Å². The third-order valence-corrected chi connectivity index (χ3v) is 4.83. The van der Waals surface area contributed by atoms with Gasteiger partial charge in [-0.3, -0.25) is 4.79 Å². The lowest BCUT2D eigenvalue weighted by Crippen LogP contribution is -2.50. The average molecular weight is 434 g/mol. The molecule has 0 spiro atoms. The lowest BCUT2D eigenvalue weighted by molar-refractivity contribution is -0.139. The maximum absolute atomic E-state index is 12.2. The minimum Gasteiger partial charge on any atom is -0.480 e. The Bertz CT molecular complexity index is 889. The van der Waals surface area contributed by atoms with Crippen LogP contribution in [0.1, 0.15) is 24.0 Å². The second-order valence-corrected chi connectivity index (χ2v) is 6.89. The topological polar surface area (TPSA) is 131 Å². The quantitative estimate of drug-likeness (QED) is 0.527. The van der Waals surface area contributed by atoms with E-state index >= 15 is 0 Å². The van der Waals surface area contributed by atoms with E-state index in [9.17, 15) is 19.5 Å². The van der Waals surface area contributed by atoms with E-state index in [1.807, 2.05) is 48.5 Å². The number of carbonyl (C=O) groups excluding carboxylic acids is 2. The Morgan fingerprint density at radius 2 is 1.60 bits per heavy atom. The van der Waals surface area contributed by atoms with E-state index in [2.05, 4.69) is 10.6 Å². The van der Waals surface area contributed by atoms with Gasteiger partial charge in [-0.2, -0.15) is 0 Å². The second kappa shape index (κ2) is 10.1. The van der Waals surface area contributed by atoms with Gasteiger partial charge in [0.05, 0.1) is 6.04 Å². The number of alkyl carbamates (subject to hydrolysis) is 1. The zero-order valence-corrected chi connectivity index (χ0v) is 17.1. The summed E-state index contributed by atoms with van der Waals surface area (Å²) < 4.78 is 5.32. The minimum atomic E-state index is -1.33. The SMILES string of the molecule is CC(N)C(=O)NCC(NC(=O)OCC1c2ccccc2-c2ccccc21)C(=O)O.Cl. The fraction of sp³-hybridized carbons (Fsp3) is 0.286. The van der Waals surface area contributed by atoms with Crippen LogP contribution in [0, 0.1) is 0 Å². The standard InChI is InChI=1S/C21H23N3O5.ClH/c1-12(22)19(25)23-10-18(20(26)27)24-21(28)29-11-17-15-8-4-2-6-13(15)14-7-3-5-9-16(14)17;/h2-9,12,17-18H,10-11,22H2,1H3,(H,23,25)(H,24,28)(H,26,27);1H. The normalized spacial score (nSPS) is 13.8. The third kappa shape index (κ3) is 5.08. The van der Waals surface area contributed by atoms with Gasteiger partial charge in [-0.25, -0.2) is 9.59 Å². The van der Waals surface area contributed by atoms with E-state index in [1.165, 1.54) is 6.92 Å². The summed E-state index contributed by atoms with van der Waals surface area (Å²) in [7, 11) is 0. The Morgan fingerprint density at radius 3 is 2.10 bits per heavy atom. The number of carboxylic acid groups (broad SMARTS) is 1. The predicted octanol–water partition coefficient (Wildman–Crippen LogP) is 1.86. The lowest BCUT2D eigenvalue weighted by Gasteiger charge is -2.18. The van der Waals surface area contributed by atoms with Crippen molar-refractivity contribution >= 4 is 30.4 Å². The van der Waals surface area contributed by atoms with Crippen LogP contribution in [0.5, 0.6) is 0 Å². The molecule has 0 aromatic heterocycles. The first-order valence-corrected chi connectivity index (χ1v) is 9.26. The molecule has 5 N–H and O–H groups in total. The van der Waals surface area contributed by atoms with Crippen LogP contribution < -0.4 is 16.4 Å². The lowest BCUT2D eigenvalue weighted by atomic mass is 9.98. The summed E-state index contributed by atoms with van der Waals surface area (Å²) in [5, 5.41) is 13.9. The largest absolute Gasteiger partial charge is 0.480 e. The zero-order chi connectivity index (χ0) is 21.0. The van der Waals surface area contributed by atoms with Crippen molar-refractivity contribution in [2.75, 3.05) is 13.2 Å². The van der Waals surface area contributed by atoms with Gasteiger partial charge in [0.25, 0.3) is 0 Å². The summed E-state index contributed by atoms with van der Waals surface area (Å²) in [5.41, 5.74) is 9.73. The molecule has 2 aromatic carbocycles. The van der Waals surface area contributed by atoms with Crippen LogP contribution >= 0.6 is 12.4 Å². The zero-order valence-electron chi connectivity index (χ0n) is 16.3. The first-order chi connectivity index (χ1) is 13.9. The van der Waals surface area contributed by atoms with E-state index in [4.69, 9.17) is 10.5 Å². The van der Waals surface area contributed by atoms with Crippen molar-refractivity contribution < 1.29 is 24.2 Å². The first-order valence-electron chi connectivity index (χ1n) is 9.26. The van der Waals surface area contributed by atoms with Gasteiger partial charge in [0.1, 0.15) is 12.6 Å². The number of aliphatic carboxylic acids is 1. The van der Waals surface area contributed by atoms with Gasteiger partial charge in [-0.15, -0.1) is 12.4 Å². The van der Waals surface area contributed by atoms with Gasteiger partial charge in [-0.05, 0) is 29.2 Å². The third-order valence-electron chi connectivity index (χ3n) is 4.83. The van der Waals surface area contributed by atoms with Crippen molar-refractivity contribution in [3.05, 3.63) is 59.7 Å². The molecule has 1 aliphatic rings. The number of carbonyl (C=O) groups is 3. The predicted molar refractivity (Wildman–Crippen MR) is 114 cm³/mol. The Kier molecular flexibility index (Phi) is 7.79. The summed E-state index contributed by atoms with van der Waals surface area (Å²) >= 11 is 0. The number of amides is 2. The van der Waals surface area contributed by atoms with Crippen molar-refractivity contribution in [1.82, 2.24) is 10.6 Å². The molecular weight excluding hydrogens is 410 g/mol. The first kappa shape index (κ1) is 23.2. The highest BCUT2D eigenvalue weighted by Gasteiger charge is 2.29. The number of rotatable bonds is 7. The Hall–Kier alpha value is -3.10. The minimum absolute atomic E-state index is 0. The van der Waals surface area contributed by atoms with E-state index in [0.717, 1.165) is 22.3 Å². The maximum atomic E-state index is 12.2. The van der Waals surface area contributed by atoms with Crippen LogP contribution in [0.3, 0.4) is 0 Å². The molecule has 8 nitrogen and oxygen atoms in total. The van der Waals surface area contributed by atoms with Crippen LogP contribution in [0.4, 0.5) is 4.79 Å². The summed E-state index contributed by atoms with van der Waals surface area (Å²) in [4.78, 5) is 35.1. The maximum Gasteiger partial charge on any atom is 0.407 e. The molecule has 0 fully saturated rings. The number of fused-ring (bicyclic) bond motifs is 3. The summed E-state index contributed by atoms with van der Waals surface area (Å²) in [6, 6.07) is 13.7. The van der Waals surface area contributed by atoms with Crippen LogP contribution in [0.25, 0.3) is 11.1 Å². The number of benzene rings is 2. The fourth-order valence-electron chi connectivity index (χ4n) is 3.35. The Balaban J connectivity index is 0.00000320. The molecule has 1 aliphatic carbocycles. The van der Waals surface area contributed by atoms with Gasteiger partial charge in [-0.1, -0.05) is 48.5 Å². The second-order valence-electron chi connectivity index (χ2n) is 6.89. The van der Waals surface area contributed by atoms with Gasteiger partial charge in [0.2, 0.25) is 5.91 Å².